The predicted octanol–water partition coefficient (Wildman–Crippen LogP) is 2.36. The van der Waals surface area contributed by atoms with Gasteiger partial charge in [-0.05, 0) is 26.3 Å². The summed E-state index contributed by atoms with van der Waals surface area (Å²) in [4.78, 5) is 26.4. The van der Waals surface area contributed by atoms with Crippen molar-refractivity contribution in [3.05, 3.63) is 24.0 Å². The number of likely N-dealkylation sites (tertiary alicyclic amines) is 1. The number of piperidine rings is 1. The number of aromatic nitrogens is 5. The molecule has 3 aromatic heterocycles. The van der Waals surface area contributed by atoms with Crippen LogP contribution in [-0.2, 0) is 17.8 Å². The Morgan fingerprint density at radius 2 is 2.06 bits per heavy atom. The summed E-state index contributed by atoms with van der Waals surface area (Å²) in [7, 11) is 1.82. The van der Waals surface area contributed by atoms with E-state index < -0.39 is 24.8 Å². The van der Waals surface area contributed by atoms with Crippen LogP contribution in [0.4, 0.5) is 23.4 Å². The molecule has 0 spiro atoms. The second-order valence-corrected chi connectivity index (χ2v) is 8.99. The van der Waals surface area contributed by atoms with Gasteiger partial charge < -0.3 is 20.1 Å². The second kappa shape index (κ2) is 9.06. The van der Waals surface area contributed by atoms with E-state index in [0.717, 1.165) is 12.8 Å². The predicted molar refractivity (Wildman–Crippen MR) is 115 cm³/mol. The number of imidazole rings is 1. The van der Waals surface area contributed by atoms with Crippen molar-refractivity contribution >= 4 is 17.4 Å². The molecule has 0 bridgehead atoms. The molecule has 2 aliphatic rings. The quantitative estimate of drug-likeness (QED) is 0.480. The number of hydrogen-bond acceptors (Lipinski definition) is 8. The molecule has 2 atom stereocenters. The van der Waals surface area contributed by atoms with E-state index in [4.69, 9.17) is 4.52 Å². The molecule has 0 radical (unpaired) electrons. The van der Waals surface area contributed by atoms with Crippen molar-refractivity contribution in [2.45, 2.75) is 50.6 Å². The molecule has 1 aliphatic carbocycles. The van der Waals surface area contributed by atoms with Crippen molar-refractivity contribution in [2.24, 2.45) is 5.92 Å². The largest absolute Gasteiger partial charge is 0.394 e. The minimum absolute atomic E-state index is 0.0128. The van der Waals surface area contributed by atoms with Crippen molar-refractivity contribution in [3.63, 3.8) is 0 Å². The maximum Gasteiger partial charge on any atom is 0.394 e. The van der Waals surface area contributed by atoms with Gasteiger partial charge in [-0.3, -0.25) is 9.20 Å². The molecule has 1 amide bonds. The topological polar surface area (TPSA) is 113 Å². The number of anilines is 1. The van der Waals surface area contributed by atoms with Gasteiger partial charge in [-0.25, -0.2) is 14.4 Å². The van der Waals surface area contributed by atoms with Crippen LogP contribution >= 0.6 is 0 Å². The number of nitrogens with one attached hydrogen (secondary N) is 2. The highest BCUT2D eigenvalue weighted by Crippen LogP contribution is 2.32. The van der Waals surface area contributed by atoms with Gasteiger partial charge in [-0.1, -0.05) is 5.16 Å². The van der Waals surface area contributed by atoms with E-state index in [9.17, 15) is 22.4 Å². The van der Waals surface area contributed by atoms with E-state index in [2.05, 4.69) is 30.7 Å². The summed E-state index contributed by atoms with van der Waals surface area (Å²) >= 11 is 0. The smallest absolute Gasteiger partial charge is 0.361 e. The van der Waals surface area contributed by atoms with Gasteiger partial charge in [0.25, 0.3) is 0 Å². The summed E-state index contributed by atoms with van der Waals surface area (Å²) in [5.41, 5.74) is -0.226. The van der Waals surface area contributed by atoms with Crippen molar-refractivity contribution in [2.75, 3.05) is 25.5 Å². The monoisotopic (exact) mass is 496 g/mol. The van der Waals surface area contributed by atoms with E-state index in [1.807, 2.05) is 11.9 Å². The van der Waals surface area contributed by atoms with Gasteiger partial charge in [-0.2, -0.15) is 18.2 Å². The van der Waals surface area contributed by atoms with Gasteiger partial charge in [0.15, 0.2) is 11.5 Å². The molecule has 0 unspecified atom stereocenters. The van der Waals surface area contributed by atoms with Gasteiger partial charge in [0, 0.05) is 31.4 Å². The molecule has 188 valence electrons. The standard InChI is InChI=1S/C21H24F4N8O2/c1-32-6-4-13(12(22)10-32)28-18-19-30-16(14(8-21(23,24)25)33(19)7-5-26-18)17-29-15(35-31-17)9-27-20(34)11-2-3-11/h5,7,11-13H,2-4,6,8-10H2,1H3,(H,26,28)(H,27,34)/t12-,13+/m0/s1. The molecule has 1 saturated carbocycles. The third kappa shape index (κ3) is 5.21. The number of amides is 1. The molecule has 14 heteroatoms. The molecule has 0 aromatic carbocycles. The first-order valence-corrected chi connectivity index (χ1v) is 11.3. The maximum atomic E-state index is 14.6. The first-order valence-electron chi connectivity index (χ1n) is 11.3. The lowest BCUT2D eigenvalue weighted by Crippen LogP contribution is -2.46. The molecule has 1 saturated heterocycles. The summed E-state index contributed by atoms with van der Waals surface area (Å²) < 4.78 is 61.3. The van der Waals surface area contributed by atoms with Crippen LogP contribution in [0, 0.1) is 5.92 Å². The zero-order valence-corrected chi connectivity index (χ0v) is 18.8. The number of alkyl halides is 4. The van der Waals surface area contributed by atoms with Crippen molar-refractivity contribution in [1.82, 2.24) is 34.7 Å². The number of hydrogen-bond donors (Lipinski definition) is 2. The molecule has 3 aromatic rings. The molecule has 2 N–H and O–H groups in total. The highest BCUT2D eigenvalue weighted by atomic mass is 19.4. The van der Waals surface area contributed by atoms with Crippen molar-refractivity contribution in [1.29, 1.82) is 0 Å². The van der Waals surface area contributed by atoms with Gasteiger partial charge in [0.2, 0.25) is 17.6 Å². The van der Waals surface area contributed by atoms with Gasteiger partial charge >= 0.3 is 6.18 Å². The van der Waals surface area contributed by atoms with Crippen molar-refractivity contribution < 1.29 is 26.9 Å². The molecule has 4 heterocycles. The Balaban J connectivity index is 1.46. The van der Waals surface area contributed by atoms with E-state index >= 15 is 0 Å². The van der Waals surface area contributed by atoms with E-state index in [0.29, 0.717) is 13.0 Å². The summed E-state index contributed by atoms with van der Waals surface area (Å²) in [5.74, 6) is -0.0673. The molecule has 2 fully saturated rings. The fourth-order valence-electron chi connectivity index (χ4n) is 4.14. The van der Waals surface area contributed by atoms with Crippen LogP contribution in [0.1, 0.15) is 30.8 Å². The van der Waals surface area contributed by atoms with Crippen LogP contribution in [0.2, 0.25) is 0 Å². The Labute approximate surface area is 197 Å². The lowest BCUT2D eigenvalue weighted by molar-refractivity contribution is -0.128. The molecule has 10 nitrogen and oxygen atoms in total. The number of nitrogens with zero attached hydrogens (tertiary/aromatic N) is 6. The number of carbonyl (C=O) groups is 1. The molecular formula is C21H24F4N8O2. The van der Waals surface area contributed by atoms with Crippen LogP contribution in [-0.4, -0.2) is 73.8 Å². The fraction of sp³-hybridized carbons (Fsp3) is 0.571. The molecule has 35 heavy (non-hydrogen) atoms. The van der Waals surface area contributed by atoms with E-state index in [1.165, 1.54) is 16.8 Å². The second-order valence-electron chi connectivity index (χ2n) is 8.99. The molecule has 5 rings (SSSR count). The minimum atomic E-state index is -4.54. The molecule has 1 aliphatic heterocycles. The van der Waals surface area contributed by atoms with E-state index in [-0.39, 0.29) is 59.5 Å². The first kappa shape index (κ1) is 23.5. The van der Waals surface area contributed by atoms with Crippen LogP contribution in [0.25, 0.3) is 17.2 Å². The van der Waals surface area contributed by atoms with Gasteiger partial charge in [0.05, 0.1) is 24.7 Å². The summed E-state index contributed by atoms with van der Waals surface area (Å²) in [6.45, 7) is 0.874. The maximum absolute atomic E-state index is 14.6. The SMILES string of the molecule is CN1CC[C@@H](Nc2nccn3c(CC(F)(F)F)c(-c4noc(CNC(=O)C5CC5)n4)nc23)[C@@H](F)C1. The Bertz CT molecular complexity index is 1220. The van der Waals surface area contributed by atoms with Crippen LogP contribution in [0.5, 0.6) is 0 Å². The average molecular weight is 496 g/mol. The number of carbonyl (C=O) groups excluding carboxylic acids is 1. The fourth-order valence-corrected chi connectivity index (χ4v) is 4.14. The summed E-state index contributed by atoms with van der Waals surface area (Å²) in [5, 5.41) is 9.47. The van der Waals surface area contributed by atoms with Gasteiger partial charge in [-0.15, -0.1) is 0 Å². The lowest BCUT2D eigenvalue weighted by atomic mass is 10.0. The Morgan fingerprint density at radius 1 is 1.26 bits per heavy atom. The first-order chi connectivity index (χ1) is 16.7. The average Bonchev–Trinajstić information content (AvgIpc) is 3.44. The van der Waals surface area contributed by atoms with Gasteiger partial charge in [0.1, 0.15) is 11.9 Å². The minimum Gasteiger partial charge on any atom is -0.361 e. The van der Waals surface area contributed by atoms with E-state index in [1.54, 1.807) is 0 Å². The molecular weight excluding hydrogens is 472 g/mol. The highest BCUT2D eigenvalue weighted by molar-refractivity contribution is 5.80. The third-order valence-electron chi connectivity index (χ3n) is 6.12. The summed E-state index contributed by atoms with van der Waals surface area (Å²) in [6, 6.07) is -0.553. The lowest BCUT2D eigenvalue weighted by Gasteiger charge is -2.32. The zero-order valence-electron chi connectivity index (χ0n) is 18.8. The number of halogens is 4. The van der Waals surface area contributed by atoms with Crippen molar-refractivity contribution in [3.8, 4) is 11.5 Å². The van der Waals surface area contributed by atoms with Crippen LogP contribution in [0.15, 0.2) is 16.9 Å². The highest BCUT2D eigenvalue weighted by Gasteiger charge is 2.35. The normalized spacial score (nSPS) is 21.4. The Morgan fingerprint density at radius 3 is 2.77 bits per heavy atom. The third-order valence-corrected chi connectivity index (χ3v) is 6.12. The zero-order chi connectivity index (χ0) is 24.7. The Hall–Kier alpha value is -3.29. The van der Waals surface area contributed by atoms with Crippen LogP contribution in [0.3, 0.4) is 0 Å². The Kier molecular flexibility index (Phi) is 6.07. The summed E-state index contributed by atoms with van der Waals surface area (Å²) in [6.07, 6.45) is -2.16. The number of rotatable bonds is 7. The number of fused-ring (bicyclic) bond motifs is 1. The van der Waals surface area contributed by atoms with Crippen LogP contribution < -0.4 is 10.6 Å².